The van der Waals surface area contributed by atoms with Crippen molar-refractivity contribution in [1.29, 1.82) is 0 Å². The molecule has 2 amide bonds. The molecule has 3 aromatic carbocycles. The monoisotopic (exact) mass is 491 g/mol. The highest BCUT2D eigenvalue weighted by Crippen LogP contribution is 2.17. The Balaban J connectivity index is 1.40. The van der Waals surface area contributed by atoms with Crippen LogP contribution in [0, 0.1) is 13.8 Å². The van der Waals surface area contributed by atoms with Crippen LogP contribution in [0.2, 0.25) is 0 Å². The molecule has 1 atom stereocenters. The molecule has 0 saturated carbocycles. The minimum Gasteiger partial charge on any atom is -0.493 e. The van der Waals surface area contributed by atoms with E-state index in [1.165, 1.54) is 5.56 Å². The molecule has 0 aliphatic rings. The lowest BCUT2D eigenvalue weighted by Crippen LogP contribution is -2.51. The molecule has 1 unspecified atom stereocenters. The van der Waals surface area contributed by atoms with Gasteiger partial charge in [-0.2, -0.15) is 0 Å². The second-order valence-electron chi connectivity index (χ2n) is 8.01. The summed E-state index contributed by atoms with van der Waals surface area (Å²) in [6.45, 7) is 6.14. The first-order chi connectivity index (χ1) is 16.8. The summed E-state index contributed by atoms with van der Waals surface area (Å²) in [5.41, 5.74) is 8.78. The standard InChI is InChI=1S/C27H29N3O4S/c1-18-9-12-24(17-19(18)2)34-20(3)25(31)29-30-27(35)28-26(32)22-10-13-23(14-11-22)33-16-15-21-7-5-4-6-8-21/h4-14,17,20H,15-16H2,1-3H3,(H,29,31)(H2,28,30,32,35). The number of rotatable bonds is 8. The zero-order valence-electron chi connectivity index (χ0n) is 20.0. The molecule has 35 heavy (non-hydrogen) atoms. The van der Waals surface area contributed by atoms with Crippen molar-refractivity contribution < 1.29 is 19.1 Å². The van der Waals surface area contributed by atoms with Gasteiger partial charge in [0.2, 0.25) is 0 Å². The predicted octanol–water partition coefficient (Wildman–Crippen LogP) is 4.03. The van der Waals surface area contributed by atoms with Crippen molar-refractivity contribution in [3.8, 4) is 11.5 Å². The van der Waals surface area contributed by atoms with Crippen LogP contribution in [0.3, 0.4) is 0 Å². The van der Waals surface area contributed by atoms with Gasteiger partial charge in [-0.25, -0.2) is 0 Å². The van der Waals surface area contributed by atoms with Crippen LogP contribution in [-0.2, 0) is 11.2 Å². The van der Waals surface area contributed by atoms with Crippen LogP contribution in [0.1, 0.15) is 34.0 Å². The van der Waals surface area contributed by atoms with Gasteiger partial charge in [0.15, 0.2) is 11.2 Å². The third-order valence-corrected chi connectivity index (χ3v) is 5.51. The topological polar surface area (TPSA) is 88.7 Å². The van der Waals surface area contributed by atoms with Gasteiger partial charge in [0, 0.05) is 12.0 Å². The first-order valence-corrected chi connectivity index (χ1v) is 11.6. The van der Waals surface area contributed by atoms with Crippen LogP contribution in [0.4, 0.5) is 0 Å². The van der Waals surface area contributed by atoms with E-state index in [9.17, 15) is 9.59 Å². The minimum atomic E-state index is -0.766. The molecule has 182 valence electrons. The third-order valence-electron chi connectivity index (χ3n) is 5.31. The molecular weight excluding hydrogens is 462 g/mol. The largest absolute Gasteiger partial charge is 0.493 e. The summed E-state index contributed by atoms with van der Waals surface area (Å²) in [7, 11) is 0. The second-order valence-corrected chi connectivity index (χ2v) is 8.42. The maximum absolute atomic E-state index is 12.4. The number of aryl methyl sites for hydroxylation is 2. The molecule has 0 aliphatic heterocycles. The molecule has 0 radical (unpaired) electrons. The van der Waals surface area contributed by atoms with Crippen LogP contribution in [0.25, 0.3) is 0 Å². The average molecular weight is 492 g/mol. The van der Waals surface area contributed by atoms with Crippen molar-refractivity contribution in [2.45, 2.75) is 33.3 Å². The van der Waals surface area contributed by atoms with Gasteiger partial charge in [0.25, 0.3) is 11.8 Å². The SMILES string of the molecule is Cc1ccc(OC(C)C(=O)NNC(=S)NC(=O)c2ccc(OCCc3ccccc3)cc2)cc1C. The average Bonchev–Trinajstić information content (AvgIpc) is 2.85. The number of amides is 2. The fraction of sp³-hybridized carbons (Fsp3) is 0.222. The van der Waals surface area contributed by atoms with E-state index in [0.29, 0.717) is 23.7 Å². The van der Waals surface area contributed by atoms with Gasteiger partial charge >= 0.3 is 0 Å². The van der Waals surface area contributed by atoms with E-state index in [-0.39, 0.29) is 5.11 Å². The molecule has 0 heterocycles. The fourth-order valence-corrected chi connectivity index (χ4v) is 3.25. The summed E-state index contributed by atoms with van der Waals surface area (Å²) in [5, 5.41) is 2.49. The summed E-state index contributed by atoms with van der Waals surface area (Å²) < 4.78 is 11.4. The van der Waals surface area contributed by atoms with Gasteiger partial charge in [-0.1, -0.05) is 36.4 Å². The van der Waals surface area contributed by atoms with E-state index in [2.05, 4.69) is 28.3 Å². The molecule has 0 fully saturated rings. The fourth-order valence-electron chi connectivity index (χ4n) is 3.11. The Bertz CT molecular complexity index is 1170. The normalized spacial score (nSPS) is 11.2. The number of thiocarbonyl (C=S) groups is 1. The van der Waals surface area contributed by atoms with Gasteiger partial charge in [0.05, 0.1) is 6.61 Å². The summed E-state index contributed by atoms with van der Waals surface area (Å²) in [6.07, 6.45) is 0.0285. The smallest absolute Gasteiger partial charge is 0.279 e. The highest BCUT2D eigenvalue weighted by atomic mass is 32.1. The first-order valence-electron chi connectivity index (χ1n) is 11.2. The number of carbonyl (C=O) groups is 2. The van der Waals surface area contributed by atoms with E-state index in [0.717, 1.165) is 17.5 Å². The van der Waals surface area contributed by atoms with Crippen molar-refractivity contribution in [1.82, 2.24) is 16.2 Å². The summed E-state index contributed by atoms with van der Waals surface area (Å²) in [4.78, 5) is 24.7. The van der Waals surface area contributed by atoms with Crippen LogP contribution in [0.15, 0.2) is 72.8 Å². The zero-order valence-corrected chi connectivity index (χ0v) is 20.8. The number of benzene rings is 3. The number of hydrazine groups is 1. The highest BCUT2D eigenvalue weighted by molar-refractivity contribution is 7.80. The van der Waals surface area contributed by atoms with Crippen LogP contribution in [0.5, 0.6) is 11.5 Å². The molecule has 8 heteroatoms. The zero-order chi connectivity index (χ0) is 25.2. The first kappa shape index (κ1) is 25.7. The lowest BCUT2D eigenvalue weighted by molar-refractivity contribution is -0.127. The summed E-state index contributed by atoms with van der Waals surface area (Å²) in [6, 6.07) is 22.4. The lowest BCUT2D eigenvalue weighted by atomic mass is 10.1. The maximum atomic E-state index is 12.4. The Morgan fingerprint density at radius 1 is 0.886 bits per heavy atom. The maximum Gasteiger partial charge on any atom is 0.279 e. The van der Waals surface area contributed by atoms with Gasteiger partial charge in [0.1, 0.15) is 11.5 Å². The molecule has 7 nitrogen and oxygen atoms in total. The van der Waals surface area contributed by atoms with Gasteiger partial charge < -0.3 is 9.47 Å². The molecule has 3 rings (SSSR count). The number of hydrogen-bond donors (Lipinski definition) is 3. The van der Waals surface area contributed by atoms with Crippen molar-refractivity contribution in [2.75, 3.05) is 6.61 Å². The summed E-state index contributed by atoms with van der Waals surface area (Å²) >= 11 is 5.10. The molecule has 0 saturated heterocycles. The Kier molecular flexibility index (Phi) is 9.20. The number of carbonyl (C=O) groups excluding carboxylic acids is 2. The number of hydrogen-bond acceptors (Lipinski definition) is 5. The van der Waals surface area contributed by atoms with Crippen LogP contribution in [-0.4, -0.2) is 29.6 Å². The quantitative estimate of drug-likeness (QED) is 0.326. The molecule has 0 aliphatic carbocycles. The van der Waals surface area contributed by atoms with Crippen molar-refractivity contribution >= 4 is 29.1 Å². The summed E-state index contributed by atoms with van der Waals surface area (Å²) in [5.74, 6) is 0.422. The number of nitrogens with one attached hydrogen (secondary N) is 3. The third kappa shape index (κ3) is 8.12. The number of ether oxygens (including phenoxy) is 2. The molecule has 0 spiro atoms. The Morgan fingerprint density at radius 3 is 2.26 bits per heavy atom. The molecule has 3 aromatic rings. The Labute approximate surface area is 210 Å². The Hall–Kier alpha value is -3.91. The molecule has 3 N–H and O–H groups in total. The predicted molar refractivity (Wildman–Crippen MR) is 139 cm³/mol. The van der Waals surface area contributed by atoms with Gasteiger partial charge in [-0.3, -0.25) is 25.8 Å². The highest BCUT2D eigenvalue weighted by Gasteiger charge is 2.16. The second kappa shape index (κ2) is 12.5. The van der Waals surface area contributed by atoms with E-state index in [1.807, 2.05) is 50.2 Å². The van der Waals surface area contributed by atoms with Crippen molar-refractivity contribution in [3.05, 3.63) is 95.1 Å². The van der Waals surface area contributed by atoms with Crippen molar-refractivity contribution in [3.63, 3.8) is 0 Å². The van der Waals surface area contributed by atoms with Crippen LogP contribution >= 0.6 is 12.2 Å². The molecule has 0 aromatic heterocycles. The van der Waals surface area contributed by atoms with Gasteiger partial charge in [-0.05, 0) is 86.1 Å². The van der Waals surface area contributed by atoms with Gasteiger partial charge in [-0.15, -0.1) is 0 Å². The molecular formula is C27H29N3O4S. The Morgan fingerprint density at radius 2 is 1.57 bits per heavy atom. The minimum absolute atomic E-state index is 0.0371. The van der Waals surface area contributed by atoms with E-state index in [4.69, 9.17) is 21.7 Å². The lowest BCUT2D eigenvalue weighted by Gasteiger charge is -2.17. The van der Waals surface area contributed by atoms with Crippen molar-refractivity contribution in [2.24, 2.45) is 0 Å². The van der Waals surface area contributed by atoms with E-state index in [1.54, 1.807) is 31.2 Å². The van der Waals surface area contributed by atoms with Crippen LogP contribution < -0.4 is 25.6 Å². The van der Waals surface area contributed by atoms with E-state index < -0.39 is 17.9 Å². The van der Waals surface area contributed by atoms with E-state index >= 15 is 0 Å². The molecule has 0 bridgehead atoms.